The molecule has 0 heterocycles. The van der Waals surface area contributed by atoms with Crippen LogP contribution >= 0.6 is 27.5 Å². The summed E-state index contributed by atoms with van der Waals surface area (Å²) in [6.45, 7) is 1.95. The van der Waals surface area contributed by atoms with E-state index in [0.29, 0.717) is 10.6 Å². The number of anilines is 1. The van der Waals surface area contributed by atoms with Crippen molar-refractivity contribution >= 4 is 39.1 Å². The molecule has 18 heavy (non-hydrogen) atoms. The van der Waals surface area contributed by atoms with Gasteiger partial charge in [0.15, 0.2) is 0 Å². The summed E-state index contributed by atoms with van der Waals surface area (Å²) in [6, 6.07) is 12.6. The number of hydrogen-bond donors (Lipinski definition) is 1. The molecular formula is C14H11BrClNO. The molecule has 0 aliphatic heterocycles. The third kappa shape index (κ3) is 3.12. The highest BCUT2D eigenvalue weighted by Crippen LogP contribution is 2.21. The van der Waals surface area contributed by atoms with E-state index in [1.165, 1.54) is 0 Å². The molecular weight excluding hydrogens is 314 g/mol. The van der Waals surface area contributed by atoms with Gasteiger partial charge in [-0.05, 0) is 48.9 Å². The second-order valence-electron chi connectivity index (χ2n) is 3.92. The average Bonchev–Trinajstić information content (AvgIpc) is 2.34. The molecule has 2 rings (SSSR count). The summed E-state index contributed by atoms with van der Waals surface area (Å²) in [5.74, 6) is -0.145. The van der Waals surface area contributed by atoms with E-state index < -0.39 is 0 Å². The average molecular weight is 325 g/mol. The van der Waals surface area contributed by atoms with Crippen molar-refractivity contribution in [3.63, 3.8) is 0 Å². The van der Waals surface area contributed by atoms with Crippen LogP contribution in [-0.2, 0) is 0 Å². The Morgan fingerprint density at radius 1 is 1.17 bits per heavy atom. The van der Waals surface area contributed by atoms with Crippen LogP contribution in [-0.4, -0.2) is 5.91 Å². The lowest BCUT2D eigenvalue weighted by molar-refractivity contribution is 0.102. The normalized spacial score (nSPS) is 10.2. The van der Waals surface area contributed by atoms with Gasteiger partial charge < -0.3 is 5.32 Å². The Morgan fingerprint density at radius 2 is 1.83 bits per heavy atom. The molecule has 4 heteroatoms. The number of rotatable bonds is 2. The monoisotopic (exact) mass is 323 g/mol. The topological polar surface area (TPSA) is 29.1 Å². The molecule has 0 saturated carbocycles. The first kappa shape index (κ1) is 13.1. The predicted molar refractivity (Wildman–Crippen MR) is 78.3 cm³/mol. The second-order valence-corrected chi connectivity index (χ2v) is 5.27. The molecule has 0 radical (unpaired) electrons. The molecule has 0 fully saturated rings. The molecule has 0 aliphatic carbocycles. The van der Waals surface area contributed by atoms with E-state index in [4.69, 9.17) is 11.6 Å². The lowest BCUT2D eigenvalue weighted by Gasteiger charge is -2.09. The van der Waals surface area contributed by atoms with E-state index in [9.17, 15) is 4.79 Å². The van der Waals surface area contributed by atoms with Crippen molar-refractivity contribution < 1.29 is 4.79 Å². The molecule has 2 nitrogen and oxygen atoms in total. The quantitative estimate of drug-likeness (QED) is 0.855. The van der Waals surface area contributed by atoms with Crippen LogP contribution in [0.25, 0.3) is 0 Å². The Bertz CT molecular complexity index is 581. The molecule has 0 unspecified atom stereocenters. The highest BCUT2D eigenvalue weighted by Gasteiger charge is 2.07. The highest BCUT2D eigenvalue weighted by molar-refractivity contribution is 9.10. The van der Waals surface area contributed by atoms with Crippen LogP contribution in [0.5, 0.6) is 0 Å². The number of benzene rings is 2. The van der Waals surface area contributed by atoms with Crippen LogP contribution in [0.4, 0.5) is 5.69 Å². The lowest BCUT2D eigenvalue weighted by Crippen LogP contribution is -2.12. The van der Waals surface area contributed by atoms with Crippen LogP contribution < -0.4 is 5.32 Å². The van der Waals surface area contributed by atoms with Crippen molar-refractivity contribution in [2.75, 3.05) is 5.32 Å². The summed E-state index contributed by atoms with van der Waals surface area (Å²) in [7, 11) is 0. The van der Waals surface area contributed by atoms with Gasteiger partial charge in [-0.15, -0.1) is 0 Å². The van der Waals surface area contributed by atoms with Crippen LogP contribution in [0, 0.1) is 6.92 Å². The smallest absolute Gasteiger partial charge is 0.255 e. The van der Waals surface area contributed by atoms with Gasteiger partial charge in [0, 0.05) is 20.7 Å². The van der Waals surface area contributed by atoms with E-state index in [1.807, 2.05) is 25.1 Å². The van der Waals surface area contributed by atoms with Gasteiger partial charge in [-0.2, -0.15) is 0 Å². The van der Waals surface area contributed by atoms with E-state index in [0.717, 1.165) is 15.7 Å². The zero-order valence-corrected chi connectivity index (χ0v) is 12.0. The molecule has 0 aliphatic rings. The first-order valence-corrected chi connectivity index (χ1v) is 6.56. The highest BCUT2D eigenvalue weighted by atomic mass is 79.9. The predicted octanol–water partition coefficient (Wildman–Crippen LogP) is 4.66. The van der Waals surface area contributed by atoms with E-state index in [-0.39, 0.29) is 5.91 Å². The van der Waals surface area contributed by atoms with Crippen molar-refractivity contribution in [2.45, 2.75) is 6.92 Å². The molecule has 0 saturated heterocycles. The van der Waals surface area contributed by atoms with Gasteiger partial charge in [-0.25, -0.2) is 0 Å². The maximum atomic E-state index is 12.0. The maximum Gasteiger partial charge on any atom is 0.255 e. The van der Waals surface area contributed by atoms with Gasteiger partial charge in [0.05, 0.1) is 0 Å². The Kier molecular flexibility index (Phi) is 4.04. The van der Waals surface area contributed by atoms with Crippen molar-refractivity contribution in [3.05, 3.63) is 63.1 Å². The first-order valence-electron chi connectivity index (χ1n) is 5.39. The van der Waals surface area contributed by atoms with Gasteiger partial charge in [0.2, 0.25) is 0 Å². The Balaban J connectivity index is 2.21. The molecule has 2 aromatic carbocycles. The minimum atomic E-state index is -0.145. The molecule has 92 valence electrons. The molecule has 0 aromatic heterocycles. The number of amides is 1. The fraction of sp³-hybridized carbons (Fsp3) is 0.0714. The van der Waals surface area contributed by atoms with Crippen LogP contribution in [0.1, 0.15) is 15.9 Å². The van der Waals surface area contributed by atoms with Gasteiger partial charge in [-0.1, -0.05) is 33.6 Å². The molecule has 0 spiro atoms. The number of hydrogen-bond acceptors (Lipinski definition) is 1. The van der Waals surface area contributed by atoms with Crippen molar-refractivity contribution in [2.24, 2.45) is 0 Å². The Morgan fingerprint density at radius 3 is 2.50 bits per heavy atom. The third-order valence-corrected chi connectivity index (χ3v) is 3.30. The van der Waals surface area contributed by atoms with Crippen LogP contribution in [0.2, 0.25) is 5.02 Å². The molecule has 1 amide bonds. The van der Waals surface area contributed by atoms with E-state index >= 15 is 0 Å². The molecule has 1 N–H and O–H groups in total. The summed E-state index contributed by atoms with van der Waals surface area (Å²) in [5, 5.41) is 3.49. The third-order valence-electron chi connectivity index (χ3n) is 2.55. The SMILES string of the molecule is Cc1ccc(Br)cc1NC(=O)c1ccc(Cl)cc1. The summed E-state index contributed by atoms with van der Waals surface area (Å²) in [5.41, 5.74) is 2.39. The minimum absolute atomic E-state index is 0.145. The largest absolute Gasteiger partial charge is 0.322 e. The van der Waals surface area contributed by atoms with Gasteiger partial charge in [-0.3, -0.25) is 4.79 Å². The van der Waals surface area contributed by atoms with Gasteiger partial charge in [0.1, 0.15) is 0 Å². The fourth-order valence-electron chi connectivity index (χ4n) is 1.52. The van der Waals surface area contributed by atoms with Crippen LogP contribution in [0.15, 0.2) is 46.9 Å². The Labute approximate surface area is 119 Å². The maximum absolute atomic E-state index is 12.0. The van der Waals surface area contributed by atoms with Crippen molar-refractivity contribution in [3.8, 4) is 0 Å². The zero-order chi connectivity index (χ0) is 13.1. The second kappa shape index (κ2) is 5.55. The number of carbonyl (C=O) groups excluding carboxylic acids is 1. The number of carbonyl (C=O) groups is 1. The lowest BCUT2D eigenvalue weighted by atomic mass is 10.1. The van der Waals surface area contributed by atoms with Crippen molar-refractivity contribution in [1.82, 2.24) is 0 Å². The summed E-state index contributed by atoms with van der Waals surface area (Å²) in [4.78, 5) is 12.0. The van der Waals surface area contributed by atoms with Crippen LogP contribution in [0.3, 0.4) is 0 Å². The zero-order valence-electron chi connectivity index (χ0n) is 9.71. The first-order chi connectivity index (χ1) is 8.56. The van der Waals surface area contributed by atoms with Gasteiger partial charge in [0.25, 0.3) is 5.91 Å². The van der Waals surface area contributed by atoms with E-state index in [1.54, 1.807) is 24.3 Å². The number of aryl methyl sites for hydroxylation is 1. The molecule has 2 aromatic rings. The minimum Gasteiger partial charge on any atom is -0.322 e. The molecule has 0 bridgehead atoms. The molecule has 0 atom stereocenters. The van der Waals surface area contributed by atoms with Crippen molar-refractivity contribution in [1.29, 1.82) is 0 Å². The standard InChI is InChI=1S/C14H11BrClNO/c1-9-2-5-11(15)8-13(9)17-14(18)10-3-6-12(16)7-4-10/h2-8H,1H3,(H,17,18). The number of nitrogens with one attached hydrogen (secondary N) is 1. The number of halogens is 2. The summed E-state index contributed by atoms with van der Waals surface area (Å²) in [6.07, 6.45) is 0. The van der Waals surface area contributed by atoms with Gasteiger partial charge >= 0.3 is 0 Å². The Hall–Kier alpha value is -1.32. The van der Waals surface area contributed by atoms with E-state index in [2.05, 4.69) is 21.2 Å². The summed E-state index contributed by atoms with van der Waals surface area (Å²) >= 11 is 9.17. The fourth-order valence-corrected chi connectivity index (χ4v) is 2.01. The summed E-state index contributed by atoms with van der Waals surface area (Å²) < 4.78 is 0.930.